The second-order valence-electron chi connectivity index (χ2n) is 0.953. The Morgan fingerprint density at radius 2 is 1.33 bits per heavy atom. The molecule has 4 N–H and O–H groups in total. The maximum absolute atomic E-state index is 10.4. The van der Waals surface area contributed by atoms with Gasteiger partial charge in [-0.15, -0.1) is 0 Å². The summed E-state index contributed by atoms with van der Waals surface area (Å²) in [7, 11) is -7.15. The zero-order chi connectivity index (χ0) is 9.49. The van der Waals surface area contributed by atoms with Gasteiger partial charge >= 0.3 is 34.0 Å². The molecular weight excluding hydrogens is 199 g/mol. The van der Waals surface area contributed by atoms with E-state index in [2.05, 4.69) is 9.46 Å². The molecule has 0 aromatic heterocycles. The average molecular weight is 204 g/mol. The van der Waals surface area contributed by atoms with Crippen LogP contribution in [0.25, 0.3) is 0 Å². The first-order valence-corrected chi connectivity index (χ1v) is 3.33. The van der Waals surface area contributed by atoms with Crippen LogP contribution < -0.4 is 0 Å². The molecule has 0 aliphatic rings. The van der Waals surface area contributed by atoms with Crippen molar-refractivity contribution in [2.45, 2.75) is 0 Å². The van der Waals surface area contributed by atoms with Gasteiger partial charge in [-0.3, -0.25) is 4.89 Å². The zero-order valence-corrected chi connectivity index (χ0v) is 5.69. The molecule has 0 heterocycles. The first kappa shape index (κ1) is 18.3. The standard InChI is InChI=1S/BH3O3.F2HO4P.Li.H/c2-1(3)4;1-5-7(3,4)6-2;;/h2-4H;(H,3,4);;. The van der Waals surface area contributed by atoms with Crippen LogP contribution in [0.15, 0.2) is 0 Å². The summed E-state index contributed by atoms with van der Waals surface area (Å²) in [4.78, 5) is 7.49. The fraction of sp³-hybridized carbons (Fsp3) is 0. The summed E-state index contributed by atoms with van der Waals surface area (Å²) in [6.07, 6.45) is 0. The molecule has 0 atom stereocenters. The van der Waals surface area contributed by atoms with E-state index in [0.29, 0.717) is 0 Å². The summed E-state index contributed by atoms with van der Waals surface area (Å²) in [5.41, 5.74) is 0. The number of hydrogen-bond acceptors (Lipinski definition) is 6. The molecule has 0 unspecified atom stereocenters. The van der Waals surface area contributed by atoms with Crippen LogP contribution in [0, 0.1) is 0 Å². The maximum atomic E-state index is 10.4. The third kappa shape index (κ3) is 22.4. The molecule has 0 aliphatic carbocycles. The molecule has 0 bridgehead atoms. The molecule has 0 aromatic carbocycles. The van der Waals surface area contributed by atoms with Crippen molar-refractivity contribution in [1.29, 1.82) is 0 Å². The Hall–Kier alpha value is 0.512. The first-order chi connectivity index (χ1) is 4.85. The van der Waals surface area contributed by atoms with Gasteiger partial charge in [-0.2, -0.15) is 0 Å². The molecule has 12 heteroatoms. The van der Waals surface area contributed by atoms with Crippen LogP contribution in [0.4, 0.5) is 9.05 Å². The molecule has 0 amide bonds. The van der Waals surface area contributed by atoms with E-state index in [1.54, 1.807) is 0 Å². The predicted octanol–water partition coefficient (Wildman–Crippen LogP) is -1.81. The first-order valence-electron chi connectivity index (χ1n) is 1.83. The Bertz CT molecular complexity index is 120. The second kappa shape index (κ2) is 9.60. The van der Waals surface area contributed by atoms with E-state index in [0.717, 1.165) is 0 Å². The average Bonchev–Trinajstić information content (AvgIpc) is 1.87. The van der Waals surface area contributed by atoms with Crippen molar-refractivity contribution in [3.05, 3.63) is 0 Å². The van der Waals surface area contributed by atoms with Gasteiger partial charge in [0.15, 0.2) is 0 Å². The topological polar surface area (TPSA) is 116 Å². The normalized spacial score (nSPS) is 9.17. The minimum atomic E-state index is -4.99. The molecule has 0 saturated carbocycles. The van der Waals surface area contributed by atoms with Gasteiger partial charge in [0, 0.05) is 0 Å². The summed E-state index contributed by atoms with van der Waals surface area (Å²) >= 11 is 0. The van der Waals surface area contributed by atoms with E-state index < -0.39 is 15.1 Å². The van der Waals surface area contributed by atoms with Gasteiger partial charge in [0.1, 0.15) is 0 Å². The summed E-state index contributed by atoms with van der Waals surface area (Å²) in [6.45, 7) is 0. The molecule has 0 fully saturated rings. The predicted molar refractivity (Wildman–Crippen MR) is 33.8 cm³/mol. The third-order valence-corrected chi connectivity index (χ3v) is 0.523. The van der Waals surface area contributed by atoms with Crippen LogP contribution in [-0.2, 0) is 14.0 Å². The van der Waals surface area contributed by atoms with Crippen molar-refractivity contribution in [3.63, 3.8) is 0 Å². The molecule has 70 valence electrons. The Balaban J connectivity index is -0.000000142. The van der Waals surface area contributed by atoms with E-state index in [4.69, 9.17) is 20.0 Å². The van der Waals surface area contributed by atoms with Crippen molar-refractivity contribution in [3.8, 4) is 0 Å². The number of phosphoric acid groups is 1. The second-order valence-corrected chi connectivity index (χ2v) is 2.17. The van der Waals surface area contributed by atoms with Crippen LogP contribution in [0.3, 0.4) is 0 Å². The quantitative estimate of drug-likeness (QED) is 0.309. The summed E-state index contributed by atoms with van der Waals surface area (Å²) < 4.78 is 34.3. The van der Waals surface area contributed by atoms with E-state index in [1.807, 2.05) is 0 Å². The van der Waals surface area contributed by atoms with Crippen molar-refractivity contribution in [2.24, 2.45) is 0 Å². The molecule has 0 rings (SSSR count). The molecule has 7 nitrogen and oxygen atoms in total. The van der Waals surface area contributed by atoms with Crippen molar-refractivity contribution >= 4 is 34.0 Å². The van der Waals surface area contributed by atoms with E-state index >= 15 is 0 Å². The monoisotopic (exact) mass is 204 g/mol. The van der Waals surface area contributed by atoms with Crippen LogP contribution in [0.1, 0.15) is 0 Å². The molecule has 0 aromatic rings. The van der Waals surface area contributed by atoms with Gasteiger partial charge in [0.25, 0.3) is 0 Å². The number of halogens is 2. The zero-order valence-electron chi connectivity index (χ0n) is 4.79. The Morgan fingerprint density at radius 1 is 1.17 bits per heavy atom. The Morgan fingerprint density at radius 3 is 1.33 bits per heavy atom. The fourth-order valence-electron chi connectivity index (χ4n) is 0.0106. The molecule has 0 saturated heterocycles. The molecule has 0 aliphatic heterocycles. The van der Waals surface area contributed by atoms with E-state index in [1.165, 1.54) is 0 Å². The number of rotatable bonds is 2. The fourth-order valence-corrected chi connectivity index (χ4v) is 0.0319. The van der Waals surface area contributed by atoms with Crippen molar-refractivity contribution in [1.82, 2.24) is 0 Å². The van der Waals surface area contributed by atoms with Gasteiger partial charge in [-0.25, -0.2) is 4.57 Å². The van der Waals surface area contributed by atoms with Gasteiger partial charge in [-0.05, 0) is 9.05 Å². The summed E-state index contributed by atoms with van der Waals surface area (Å²) in [5.74, 6) is 0. The molecule has 0 spiro atoms. The molecule has 12 heavy (non-hydrogen) atoms. The Kier molecular flexibility index (Phi) is 14.7. The summed E-state index contributed by atoms with van der Waals surface area (Å²) in [6, 6.07) is 0. The van der Waals surface area contributed by atoms with Crippen molar-refractivity contribution in [2.75, 3.05) is 0 Å². The Labute approximate surface area is 77.7 Å². The third-order valence-electron chi connectivity index (χ3n) is 0.174. The van der Waals surface area contributed by atoms with Gasteiger partial charge in [0.05, 0.1) is 0 Å². The van der Waals surface area contributed by atoms with Gasteiger partial charge < -0.3 is 15.1 Å². The van der Waals surface area contributed by atoms with E-state index in [-0.39, 0.29) is 18.9 Å². The summed E-state index contributed by atoms with van der Waals surface area (Å²) in [5, 5.41) is 21.5. The minimum absolute atomic E-state index is 0. The van der Waals surface area contributed by atoms with Crippen LogP contribution in [0.2, 0.25) is 0 Å². The van der Waals surface area contributed by atoms with Crippen molar-refractivity contribution < 1.29 is 43.0 Å². The SMILES string of the molecule is O=P(O)(OF)OF.OB(O)O.[LiH]. The van der Waals surface area contributed by atoms with Gasteiger partial charge in [-0.1, -0.05) is 9.46 Å². The number of hydrogen-bond donors (Lipinski definition) is 4. The molecular formula is H5BF2LiO7P. The van der Waals surface area contributed by atoms with E-state index in [9.17, 15) is 13.6 Å². The van der Waals surface area contributed by atoms with Crippen LogP contribution in [-0.4, -0.2) is 46.1 Å². The van der Waals surface area contributed by atoms with Crippen LogP contribution in [0.5, 0.6) is 0 Å². The molecule has 0 radical (unpaired) electrons. The van der Waals surface area contributed by atoms with Crippen LogP contribution >= 0.6 is 7.82 Å². The van der Waals surface area contributed by atoms with Gasteiger partial charge in [0.2, 0.25) is 0 Å².